The van der Waals surface area contributed by atoms with Gasteiger partial charge >= 0.3 is 0 Å². The van der Waals surface area contributed by atoms with Gasteiger partial charge in [-0.25, -0.2) is 13.1 Å². The van der Waals surface area contributed by atoms with Crippen LogP contribution in [0.2, 0.25) is 4.34 Å². The molecule has 0 unspecified atom stereocenters. The van der Waals surface area contributed by atoms with Gasteiger partial charge in [-0.2, -0.15) is 9.40 Å². The topological polar surface area (TPSA) is 84.2 Å². The highest BCUT2D eigenvalue weighted by atomic mass is 35.5. The third kappa shape index (κ3) is 3.32. The predicted octanol–water partition coefficient (Wildman–Crippen LogP) is 1.89. The molecule has 1 saturated heterocycles. The fourth-order valence-corrected chi connectivity index (χ4v) is 5.79. The number of aromatic nitrogens is 4. The molecule has 3 aromatic rings. The van der Waals surface area contributed by atoms with Crippen molar-refractivity contribution < 1.29 is 8.42 Å². The van der Waals surface area contributed by atoms with E-state index in [0.29, 0.717) is 36.3 Å². The maximum atomic E-state index is 12.6. The molecule has 0 bridgehead atoms. The van der Waals surface area contributed by atoms with Gasteiger partial charge in [0, 0.05) is 38.6 Å². The first-order valence-corrected chi connectivity index (χ1v) is 10.5. The zero-order chi connectivity index (χ0) is 18.1. The molecule has 0 amide bonds. The van der Waals surface area contributed by atoms with Gasteiger partial charge < -0.3 is 4.90 Å². The van der Waals surface area contributed by atoms with Crippen LogP contribution in [0.15, 0.2) is 46.9 Å². The monoisotopic (exact) mass is 410 g/mol. The molecule has 0 spiro atoms. The number of sulfonamides is 1. The van der Waals surface area contributed by atoms with Crippen LogP contribution in [0.3, 0.4) is 0 Å². The quantitative estimate of drug-likeness (QED) is 0.653. The number of hydrogen-bond acceptors (Lipinski definition) is 7. The van der Waals surface area contributed by atoms with Crippen LogP contribution in [-0.2, 0) is 10.0 Å². The molecule has 8 nitrogen and oxygen atoms in total. The van der Waals surface area contributed by atoms with E-state index in [4.69, 9.17) is 11.6 Å². The lowest BCUT2D eigenvalue weighted by atomic mass is 10.3. The smallest absolute Gasteiger partial charge is 0.252 e. The summed E-state index contributed by atoms with van der Waals surface area (Å²) in [6.45, 7) is 1.88. The fourth-order valence-electron chi connectivity index (χ4n) is 2.73. The highest BCUT2D eigenvalue weighted by Crippen LogP contribution is 2.29. The normalized spacial score (nSPS) is 16.1. The van der Waals surface area contributed by atoms with E-state index < -0.39 is 10.0 Å². The van der Waals surface area contributed by atoms with E-state index in [1.807, 2.05) is 23.1 Å². The Hall–Kier alpha value is -2.01. The Morgan fingerprint density at radius 3 is 2.31 bits per heavy atom. The van der Waals surface area contributed by atoms with E-state index in [1.54, 1.807) is 29.2 Å². The summed E-state index contributed by atoms with van der Waals surface area (Å²) < 4.78 is 29.1. The van der Waals surface area contributed by atoms with E-state index in [-0.39, 0.29) is 4.21 Å². The summed E-state index contributed by atoms with van der Waals surface area (Å²) in [4.78, 5) is 2.02. The zero-order valence-electron chi connectivity index (χ0n) is 13.6. The molecule has 0 N–H and O–H groups in total. The van der Waals surface area contributed by atoms with Crippen LogP contribution in [-0.4, -0.2) is 58.9 Å². The Kier molecular flexibility index (Phi) is 4.65. The van der Waals surface area contributed by atoms with Gasteiger partial charge in [-0.05, 0) is 30.3 Å². The van der Waals surface area contributed by atoms with Crippen LogP contribution in [0.25, 0.3) is 5.82 Å². The van der Waals surface area contributed by atoms with Crippen molar-refractivity contribution in [2.45, 2.75) is 4.21 Å². The second kappa shape index (κ2) is 6.95. The van der Waals surface area contributed by atoms with E-state index >= 15 is 0 Å². The Morgan fingerprint density at radius 2 is 1.73 bits per heavy atom. The molecule has 1 fully saturated rings. The summed E-state index contributed by atoms with van der Waals surface area (Å²) in [6, 6.07) is 8.68. The van der Waals surface area contributed by atoms with E-state index in [2.05, 4.69) is 15.3 Å². The average molecular weight is 411 g/mol. The summed E-state index contributed by atoms with van der Waals surface area (Å²) in [5, 5.41) is 12.5. The van der Waals surface area contributed by atoms with Crippen molar-refractivity contribution >= 4 is 38.8 Å². The van der Waals surface area contributed by atoms with Crippen LogP contribution >= 0.6 is 22.9 Å². The Morgan fingerprint density at radius 1 is 1.00 bits per heavy atom. The van der Waals surface area contributed by atoms with Gasteiger partial charge in [0.25, 0.3) is 10.0 Å². The number of halogens is 1. The minimum atomic E-state index is -3.49. The second-order valence-electron chi connectivity index (χ2n) is 5.65. The summed E-state index contributed by atoms with van der Waals surface area (Å²) in [7, 11) is -3.49. The van der Waals surface area contributed by atoms with Gasteiger partial charge in [0.2, 0.25) is 0 Å². The lowest BCUT2D eigenvalue weighted by Gasteiger charge is -2.34. The van der Waals surface area contributed by atoms with Gasteiger partial charge in [0.15, 0.2) is 11.6 Å². The lowest BCUT2D eigenvalue weighted by molar-refractivity contribution is 0.384. The molecule has 26 heavy (non-hydrogen) atoms. The fraction of sp³-hybridized carbons (Fsp3) is 0.267. The van der Waals surface area contributed by atoms with E-state index in [0.717, 1.165) is 17.2 Å². The molecular formula is C15H15ClN6O2S2. The van der Waals surface area contributed by atoms with Crippen molar-refractivity contribution in [3.63, 3.8) is 0 Å². The Bertz CT molecular complexity index is 980. The minimum Gasteiger partial charge on any atom is -0.352 e. The van der Waals surface area contributed by atoms with Crippen LogP contribution in [0.1, 0.15) is 0 Å². The Labute approximate surface area is 159 Å². The highest BCUT2D eigenvalue weighted by molar-refractivity contribution is 7.91. The largest absolute Gasteiger partial charge is 0.352 e. The summed E-state index contributed by atoms with van der Waals surface area (Å²) in [5.74, 6) is 1.35. The molecule has 0 aromatic carbocycles. The van der Waals surface area contributed by atoms with Gasteiger partial charge in [0.1, 0.15) is 4.21 Å². The van der Waals surface area contributed by atoms with Crippen molar-refractivity contribution in [2.75, 3.05) is 31.1 Å². The first kappa shape index (κ1) is 17.4. The number of thiophene rings is 1. The third-order valence-corrected chi connectivity index (χ3v) is 7.68. The average Bonchev–Trinajstić information content (AvgIpc) is 3.34. The molecule has 4 heterocycles. The second-order valence-corrected chi connectivity index (χ2v) is 9.53. The zero-order valence-corrected chi connectivity index (χ0v) is 16.0. The third-order valence-electron chi connectivity index (χ3n) is 4.08. The maximum absolute atomic E-state index is 12.6. The van der Waals surface area contributed by atoms with Crippen molar-refractivity contribution in [2.24, 2.45) is 0 Å². The highest BCUT2D eigenvalue weighted by Gasteiger charge is 2.30. The van der Waals surface area contributed by atoms with Gasteiger partial charge in [-0.1, -0.05) is 11.6 Å². The first-order chi connectivity index (χ1) is 12.5. The number of piperazine rings is 1. The first-order valence-electron chi connectivity index (χ1n) is 7.88. The molecule has 136 valence electrons. The molecule has 1 aliphatic heterocycles. The maximum Gasteiger partial charge on any atom is 0.252 e. The molecule has 0 aliphatic carbocycles. The number of nitrogens with zero attached hydrogens (tertiary/aromatic N) is 6. The molecule has 0 radical (unpaired) electrons. The van der Waals surface area contributed by atoms with Crippen LogP contribution in [0, 0.1) is 0 Å². The van der Waals surface area contributed by atoms with Crippen molar-refractivity contribution in [1.82, 2.24) is 24.3 Å². The van der Waals surface area contributed by atoms with E-state index in [1.165, 1.54) is 4.31 Å². The molecule has 4 rings (SSSR count). The van der Waals surface area contributed by atoms with Crippen molar-refractivity contribution in [3.05, 3.63) is 47.1 Å². The summed E-state index contributed by atoms with van der Waals surface area (Å²) in [6.07, 6.45) is 3.47. The van der Waals surface area contributed by atoms with E-state index in [9.17, 15) is 8.42 Å². The Balaban J connectivity index is 1.43. The number of anilines is 1. The molecule has 3 aromatic heterocycles. The SMILES string of the molecule is O=S(=O)(c1ccc(Cl)s1)N1CCN(c2ccc(-n3cccn3)nn2)CC1. The van der Waals surface area contributed by atoms with Crippen LogP contribution in [0.5, 0.6) is 0 Å². The van der Waals surface area contributed by atoms with Gasteiger partial charge in [-0.3, -0.25) is 0 Å². The summed E-state index contributed by atoms with van der Waals surface area (Å²) >= 11 is 6.94. The predicted molar refractivity (Wildman–Crippen MR) is 99.5 cm³/mol. The minimum absolute atomic E-state index is 0.277. The van der Waals surface area contributed by atoms with Crippen molar-refractivity contribution in [3.8, 4) is 5.82 Å². The molecule has 0 atom stereocenters. The van der Waals surface area contributed by atoms with Crippen LogP contribution < -0.4 is 4.90 Å². The van der Waals surface area contributed by atoms with Gasteiger partial charge in [0.05, 0.1) is 4.34 Å². The molecule has 0 saturated carbocycles. The summed E-state index contributed by atoms with van der Waals surface area (Å²) in [5.41, 5.74) is 0. The molecule has 1 aliphatic rings. The number of rotatable bonds is 4. The number of hydrogen-bond donors (Lipinski definition) is 0. The lowest BCUT2D eigenvalue weighted by Crippen LogP contribution is -2.48. The van der Waals surface area contributed by atoms with Crippen LogP contribution in [0.4, 0.5) is 5.82 Å². The molecular weight excluding hydrogens is 396 g/mol. The van der Waals surface area contributed by atoms with Gasteiger partial charge in [-0.15, -0.1) is 21.5 Å². The van der Waals surface area contributed by atoms with Crippen molar-refractivity contribution in [1.29, 1.82) is 0 Å². The standard InChI is InChI=1S/C15H15ClN6O2S2/c16-12-2-5-15(25-12)26(23,24)21-10-8-20(9-11-21)13-3-4-14(19-18-13)22-7-1-6-17-22/h1-7H,8-11H2. The molecule has 11 heteroatoms.